The van der Waals surface area contributed by atoms with Crippen LogP contribution in [0.4, 0.5) is 4.79 Å². The molecular formula is C38H41NO14. The topological polar surface area (TPSA) is 224 Å². The van der Waals surface area contributed by atoms with E-state index in [-0.39, 0.29) is 37.2 Å². The second-order valence-corrected chi connectivity index (χ2v) is 12.7. The molecular weight excluding hydrogens is 694 g/mol. The molecule has 282 valence electrons. The smallest absolute Gasteiger partial charge is 0.407 e. The molecule has 0 spiro atoms. The molecule has 53 heavy (non-hydrogen) atoms. The minimum absolute atomic E-state index is 0.0729. The lowest BCUT2D eigenvalue weighted by Crippen LogP contribution is -2.54. The predicted molar refractivity (Wildman–Crippen MR) is 184 cm³/mol. The number of methoxy groups -OCH3 is 1. The number of rotatable bonds is 17. The van der Waals surface area contributed by atoms with E-state index >= 15 is 0 Å². The summed E-state index contributed by atoms with van der Waals surface area (Å²) >= 11 is 0. The number of carboxylic acids is 3. The van der Waals surface area contributed by atoms with Crippen LogP contribution in [-0.4, -0.2) is 89.7 Å². The number of benzene rings is 3. The van der Waals surface area contributed by atoms with Crippen LogP contribution in [-0.2, 0) is 40.0 Å². The first-order valence-corrected chi connectivity index (χ1v) is 17.0. The predicted octanol–water partition coefficient (Wildman–Crippen LogP) is 4.04. The van der Waals surface area contributed by atoms with Crippen LogP contribution >= 0.6 is 0 Å². The number of carboxylic acid groups (broad SMARTS) is 3. The Labute approximate surface area is 304 Å². The van der Waals surface area contributed by atoms with Gasteiger partial charge in [-0.15, -0.1) is 0 Å². The van der Waals surface area contributed by atoms with Crippen LogP contribution in [0.2, 0.25) is 0 Å². The van der Waals surface area contributed by atoms with E-state index in [9.17, 15) is 44.4 Å². The number of carbonyl (C=O) groups is 5. The lowest BCUT2D eigenvalue weighted by Gasteiger charge is -2.44. The molecule has 5 N–H and O–H groups in total. The zero-order chi connectivity index (χ0) is 38.1. The molecule has 1 aliphatic carbocycles. The number of amides is 1. The van der Waals surface area contributed by atoms with Gasteiger partial charge >= 0.3 is 30.0 Å². The summed E-state index contributed by atoms with van der Waals surface area (Å²) in [7, 11) is 1.06. The Morgan fingerprint density at radius 1 is 0.792 bits per heavy atom. The summed E-state index contributed by atoms with van der Waals surface area (Å²) in [5.74, 6) is -8.33. The van der Waals surface area contributed by atoms with Crippen molar-refractivity contribution in [2.75, 3.05) is 26.9 Å². The number of aliphatic hydroxyl groups is 1. The number of fused-ring (bicyclic) bond motifs is 3. The van der Waals surface area contributed by atoms with Gasteiger partial charge in [-0.25, -0.2) is 9.59 Å². The first-order valence-electron chi connectivity index (χ1n) is 17.0. The number of ether oxygens (including phenoxy) is 5. The molecule has 1 fully saturated rings. The molecule has 15 heteroatoms. The minimum atomic E-state index is -1.56. The number of nitrogens with one attached hydrogen (secondary N) is 1. The Morgan fingerprint density at radius 2 is 1.40 bits per heavy atom. The minimum Gasteiger partial charge on any atom is -0.493 e. The summed E-state index contributed by atoms with van der Waals surface area (Å²) in [4.78, 5) is 60.7. The highest BCUT2D eigenvalue weighted by Gasteiger charge is 2.51. The molecule has 15 nitrogen and oxygen atoms in total. The lowest BCUT2D eigenvalue weighted by atomic mass is 9.71. The van der Waals surface area contributed by atoms with Crippen molar-refractivity contribution in [2.24, 2.45) is 17.8 Å². The quantitative estimate of drug-likeness (QED) is 0.0975. The van der Waals surface area contributed by atoms with Crippen molar-refractivity contribution in [3.05, 3.63) is 83.4 Å². The maximum absolute atomic E-state index is 12.7. The van der Waals surface area contributed by atoms with Gasteiger partial charge in [0, 0.05) is 42.3 Å². The van der Waals surface area contributed by atoms with Crippen LogP contribution in [0.25, 0.3) is 11.1 Å². The van der Waals surface area contributed by atoms with Crippen LogP contribution in [0, 0.1) is 17.8 Å². The summed E-state index contributed by atoms with van der Waals surface area (Å²) < 4.78 is 28.1. The van der Waals surface area contributed by atoms with E-state index in [0.29, 0.717) is 12.0 Å². The highest BCUT2D eigenvalue weighted by molar-refractivity contribution is 5.79. The highest BCUT2D eigenvalue weighted by Crippen LogP contribution is 2.45. The van der Waals surface area contributed by atoms with Gasteiger partial charge in [0.1, 0.15) is 18.1 Å². The molecule has 0 saturated carbocycles. The number of alkyl carbamates (subject to hydrolysis) is 1. The lowest BCUT2D eigenvalue weighted by molar-refractivity contribution is -0.233. The van der Waals surface area contributed by atoms with Gasteiger partial charge in [0.05, 0.1) is 33.2 Å². The van der Waals surface area contributed by atoms with Gasteiger partial charge in [0.25, 0.3) is 0 Å². The summed E-state index contributed by atoms with van der Waals surface area (Å²) in [6, 6.07) is 20.4. The van der Waals surface area contributed by atoms with Crippen LogP contribution in [0.5, 0.6) is 11.5 Å². The molecule has 1 saturated heterocycles. The number of esters is 1. The highest BCUT2D eigenvalue weighted by atomic mass is 16.7. The van der Waals surface area contributed by atoms with E-state index in [4.69, 9.17) is 23.7 Å². The zero-order valence-electron chi connectivity index (χ0n) is 28.8. The number of aliphatic carboxylic acids is 3. The zero-order valence-corrected chi connectivity index (χ0v) is 28.8. The maximum atomic E-state index is 12.7. The van der Waals surface area contributed by atoms with Crippen LogP contribution in [0.1, 0.15) is 48.3 Å². The fraction of sp³-hybridized carbons (Fsp3) is 0.395. The van der Waals surface area contributed by atoms with E-state index in [1.807, 2.05) is 36.4 Å². The van der Waals surface area contributed by atoms with Gasteiger partial charge in [0.2, 0.25) is 6.29 Å². The van der Waals surface area contributed by atoms with Crippen molar-refractivity contribution in [3.63, 3.8) is 0 Å². The van der Waals surface area contributed by atoms with E-state index in [2.05, 4.69) is 17.4 Å². The number of hydrogen-bond acceptors (Lipinski definition) is 11. The molecule has 2 aliphatic rings. The maximum Gasteiger partial charge on any atom is 0.407 e. The summed E-state index contributed by atoms with van der Waals surface area (Å²) in [5.41, 5.74) is 4.81. The van der Waals surface area contributed by atoms with Gasteiger partial charge in [-0.2, -0.15) is 0 Å². The average molecular weight is 736 g/mol. The number of aliphatic hydroxyl groups excluding tert-OH is 1. The molecule has 1 aliphatic heterocycles. The molecule has 3 aromatic rings. The fourth-order valence-corrected chi connectivity index (χ4v) is 7.07. The summed E-state index contributed by atoms with van der Waals surface area (Å²) in [5, 5.41) is 41.5. The van der Waals surface area contributed by atoms with E-state index in [1.54, 1.807) is 0 Å². The first kappa shape index (κ1) is 38.6. The van der Waals surface area contributed by atoms with Gasteiger partial charge in [0.15, 0.2) is 6.10 Å². The molecule has 0 unspecified atom stereocenters. The van der Waals surface area contributed by atoms with Crippen molar-refractivity contribution in [1.82, 2.24) is 5.32 Å². The van der Waals surface area contributed by atoms with Gasteiger partial charge < -0.3 is 49.4 Å². The second-order valence-electron chi connectivity index (χ2n) is 12.7. The summed E-state index contributed by atoms with van der Waals surface area (Å²) in [6.45, 7) is 0.0744. The van der Waals surface area contributed by atoms with Crippen LogP contribution in [0.15, 0.2) is 66.7 Å². The third-order valence-electron chi connectivity index (χ3n) is 9.44. The van der Waals surface area contributed by atoms with Gasteiger partial charge in [-0.1, -0.05) is 48.5 Å². The molecule has 0 bridgehead atoms. The van der Waals surface area contributed by atoms with Crippen LogP contribution in [0.3, 0.4) is 0 Å². The second kappa shape index (κ2) is 17.7. The van der Waals surface area contributed by atoms with Gasteiger partial charge in [-0.05, 0) is 46.7 Å². The van der Waals surface area contributed by atoms with Gasteiger partial charge in [-0.3, -0.25) is 14.4 Å². The third kappa shape index (κ3) is 9.42. The molecule has 0 radical (unpaired) electrons. The Morgan fingerprint density at radius 3 is 2.00 bits per heavy atom. The Kier molecular flexibility index (Phi) is 12.9. The van der Waals surface area contributed by atoms with E-state index < -0.39 is 86.0 Å². The van der Waals surface area contributed by atoms with Crippen molar-refractivity contribution in [3.8, 4) is 22.6 Å². The first-order chi connectivity index (χ1) is 25.5. The molecule has 1 amide bonds. The van der Waals surface area contributed by atoms with Crippen molar-refractivity contribution in [2.45, 2.75) is 50.6 Å². The monoisotopic (exact) mass is 735 g/mol. The van der Waals surface area contributed by atoms with Crippen LogP contribution < -0.4 is 14.8 Å². The van der Waals surface area contributed by atoms with Crippen molar-refractivity contribution in [1.29, 1.82) is 0 Å². The van der Waals surface area contributed by atoms with E-state index in [0.717, 1.165) is 29.4 Å². The third-order valence-corrected chi connectivity index (χ3v) is 9.44. The van der Waals surface area contributed by atoms with Crippen molar-refractivity contribution < 1.29 is 68.1 Å². The molecule has 1 heterocycles. The molecule has 5 atom stereocenters. The Hall–Kier alpha value is -5.67. The van der Waals surface area contributed by atoms with E-state index in [1.165, 1.54) is 18.2 Å². The average Bonchev–Trinajstić information content (AvgIpc) is 3.45. The standard InChI is InChI=1S/C38H41NO14/c1-49-36(47)35-28(17-33(43)44)27(16-32(41)42)29(18-34(45)46)37(53-35)52-22-12-11-21(19-40)31(15-22)50-14-6-13-39-38(48)51-20-30-25-9-4-2-7-23(25)24-8-3-5-10-26(24)30/h2-5,7-12,15,27-30,35,37,40H,6,13-14,16-20H2,1H3,(H,39,48)(H,41,42)(H,43,44)(H,45,46)/t27-,28-,29+,35-,37+/m0/s1. The SMILES string of the molecule is COC(=O)[C@H]1O[C@@H](Oc2ccc(CO)c(OCCCNC(=O)OCC3c4ccccc4-c4ccccc43)c2)[C@H](CC(=O)O)[C@@H](CC(=O)O)[C@@H]1CC(=O)O. The fourth-order valence-electron chi connectivity index (χ4n) is 7.07. The van der Waals surface area contributed by atoms with Crippen molar-refractivity contribution >= 4 is 30.0 Å². The largest absolute Gasteiger partial charge is 0.493 e. The number of carbonyl (C=O) groups excluding carboxylic acids is 2. The number of hydrogen-bond donors (Lipinski definition) is 5. The summed E-state index contributed by atoms with van der Waals surface area (Å²) in [6.07, 6.45) is -5.28. The molecule has 5 rings (SSSR count). The Bertz CT molecular complexity index is 1770. The Balaban J connectivity index is 1.20. The molecule has 0 aromatic heterocycles. The molecule has 3 aromatic carbocycles. The normalized spacial score (nSPS) is 20.4.